The number of fused-ring (bicyclic) bond motifs is 1. The van der Waals surface area contributed by atoms with Crippen LogP contribution in [0, 0.1) is 13.8 Å². The van der Waals surface area contributed by atoms with Crippen molar-refractivity contribution in [3.05, 3.63) is 94.3 Å². The lowest BCUT2D eigenvalue weighted by Gasteiger charge is -2.11. The molecule has 5 nitrogen and oxygen atoms in total. The minimum atomic E-state index is 0.0152. The van der Waals surface area contributed by atoms with Crippen LogP contribution in [0.3, 0.4) is 0 Å². The molecular weight excluding hydrogens is 494 g/mol. The van der Waals surface area contributed by atoms with Gasteiger partial charge in [0.05, 0.1) is 24.1 Å². The summed E-state index contributed by atoms with van der Waals surface area (Å²) >= 11 is 6.16. The highest BCUT2D eigenvalue weighted by Crippen LogP contribution is 2.20. The maximum Gasteiger partial charge on any atom is 0.224 e. The fourth-order valence-electron chi connectivity index (χ4n) is 4.62. The van der Waals surface area contributed by atoms with Crippen LogP contribution in [0.15, 0.2) is 66.7 Å². The average molecular weight is 532 g/mol. The highest BCUT2D eigenvalue weighted by molar-refractivity contribution is 6.31. The quantitative estimate of drug-likeness (QED) is 0.174. The van der Waals surface area contributed by atoms with Gasteiger partial charge in [-0.2, -0.15) is 0 Å². The Hall–Kier alpha value is -3.31. The number of aromatic nitrogens is 2. The SMILES string of the molecule is Cc1ccc(OCCCCn2c(CCCCCNC(=O)Cc3ccccc3Cl)nc3ccccc32)cc1C. The highest BCUT2D eigenvalue weighted by Gasteiger charge is 2.11. The van der Waals surface area contributed by atoms with E-state index in [0.29, 0.717) is 24.6 Å². The number of ether oxygens (including phenoxy) is 1. The first-order chi connectivity index (χ1) is 18.5. The van der Waals surface area contributed by atoms with Crippen molar-refractivity contribution in [2.24, 2.45) is 0 Å². The number of hydrogen-bond acceptors (Lipinski definition) is 3. The monoisotopic (exact) mass is 531 g/mol. The molecule has 0 radical (unpaired) electrons. The van der Waals surface area contributed by atoms with Crippen LogP contribution in [-0.4, -0.2) is 28.6 Å². The Morgan fingerprint density at radius 1 is 0.921 bits per heavy atom. The van der Waals surface area contributed by atoms with E-state index in [4.69, 9.17) is 21.3 Å². The van der Waals surface area contributed by atoms with Gasteiger partial charge in [0, 0.05) is 24.5 Å². The summed E-state index contributed by atoms with van der Waals surface area (Å²) in [5.41, 5.74) is 5.67. The molecule has 6 heteroatoms. The molecule has 0 unspecified atom stereocenters. The first kappa shape index (κ1) is 27.7. The summed E-state index contributed by atoms with van der Waals surface area (Å²) in [6, 6.07) is 22.1. The molecule has 38 heavy (non-hydrogen) atoms. The Bertz CT molecular complexity index is 1350. The number of carbonyl (C=O) groups is 1. The number of rotatable bonds is 14. The third kappa shape index (κ3) is 7.84. The number of amides is 1. The van der Waals surface area contributed by atoms with E-state index in [2.05, 4.69) is 54.1 Å². The number of para-hydroxylation sites is 2. The Morgan fingerprint density at radius 3 is 2.58 bits per heavy atom. The van der Waals surface area contributed by atoms with Crippen molar-refractivity contribution in [3.63, 3.8) is 0 Å². The van der Waals surface area contributed by atoms with Crippen LogP contribution in [0.2, 0.25) is 5.02 Å². The molecule has 0 fully saturated rings. The molecular formula is C32H38ClN3O2. The molecule has 1 N–H and O–H groups in total. The minimum absolute atomic E-state index is 0.0152. The second-order valence-corrected chi connectivity index (χ2v) is 10.3. The summed E-state index contributed by atoms with van der Waals surface area (Å²) in [5, 5.41) is 3.66. The normalized spacial score (nSPS) is 11.1. The van der Waals surface area contributed by atoms with Crippen LogP contribution < -0.4 is 10.1 Å². The second kappa shape index (κ2) is 14.0. The fourth-order valence-corrected chi connectivity index (χ4v) is 4.82. The number of aryl methyl sites for hydroxylation is 4. The lowest BCUT2D eigenvalue weighted by atomic mass is 10.1. The summed E-state index contributed by atoms with van der Waals surface area (Å²) in [6.45, 7) is 6.57. The van der Waals surface area contributed by atoms with Gasteiger partial charge >= 0.3 is 0 Å². The molecule has 0 atom stereocenters. The van der Waals surface area contributed by atoms with Gasteiger partial charge in [0.15, 0.2) is 0 Å². The molecule has 0 saturated heterocycles. The van der Waals surface area contributed by atoms with Crippen molar-refractivity contribution in [1.29, 1.82) is 0 Å². The molecule has 1 aromatic heterocycles. The van der Waals surface area contributed by atoms with Crippen molar-refractivity contribution in [2.45, 2.75) is 65.3 Å². The fraction of sp³-hybridized carbons (Fsp3) is 0.375. The summed E-state index contributed by atoms with van der Waals surface area (Å²) in [5.74, 6) is 2.10. The Balaban J connectivity index is 1.20. The zero-order chi connectivity index (χ0) is 26.7. The van der Waals surface area contributed by atoms with E-state index in [1.807, 2.05) is 36.4 Å². The van der Waals surface area contributed by atoms with Crippen molar-refractivity contribution in [3.8, 4) is 5.75 Å². The zero-order valence-corrected chi connectivity index (χ0v) is 23.3. The first-order valence-electron chi connectivity index (χ1n) is 13.7. The third-order valence-electron chi connectivity index (χ3n) is 6.96. The molecule has 0 spiro atoms. The molecule has 4 rings (SSSR count). The summed E-state index contributed by atoms with van der Waals surface area (Å²) < 4.78 is 8.35. The Kier molecular flexibility index (Phi) is 10.2. The maximum absolute atomic E-state index is 12.2. The molecule has 0 aliphatic rings. The lowest BCUT2D eigenvalue weighted by molar-refractivity contribution is -0.120. The van der Waals surface area contributed by atoms with Crippen molar-refractivity contribution in [2.75, 3.05) is 13.2 Å². The van der Waals surface area contributed by atoms with Gasteiger partial charge in [-0.1, -0.05) is 54.4 Å². The van der Waals surface area contributed by atoms with E-state index >= 15 is 0 Å². The van der Waals surface area contributed by atoms with Crippen molar-refractivity contribution >= 4 is 28.5 Å². The molecule has 1 heterocycles. The van der Waals surface area contributed by atoms with E-state index < -0.39 is 0 Å². The van der Waals surface area contributed by atoms with E-state index in [1.165, 1.54) is 16.6 Å². The van der Waals surface area contributed by atoms with Crippen LogP contribution in [-0.2, 0) is 24.2 Å². The molecule has 1 amide bonds. The molecule has 0 bridgehead atoms. The van der Waals surface area contributed by atoms with E-state index in [1.54, 1.807) is 0 Å². The van der Waals surface area contributed by atoms with Crippen LogP contribution in [0.1, 0.15) is 54.6 Å². The predicted molar refractivity (Wildman–Crippen MR) is 156 cm³/mol. The van der Waals surface area contributed by atoms with Gasteiger partial charge in [0.2, 0.25) is 5.91 Å². The van der Waals surface area contributed by atoms with E-state index in [0.717, 1.165) is 67.7 Å². The standard InChI is InChI=1S/C32H38ClN3O2/c1-24-17-18-27(22-25(24)2)38-21-11-10-20-36-30-15-8-7-14-29(30)35-31(36)16-4-3-9-19-34-32(37)23-26-12-5-6-13-28(26)33/h5-8,12-15,17-18,22H,3-4,9-11,16,19-21,23H2,1-2H3,(H,34,37). The van der Waals surface area contributed by atoms with E-state index in [9.17, 15) is 4.79 Å². The van der Waals surface area contributed by atoms with Crippen molar-refractivity contribution < 1.29 is 9.53 Å². The maximum atomic E-state index is 12.2. The van der Waals surface area contributed by atoms with E-state index in [-0.39, 0.29) is 5.91 Å². The molecule has 200 valence electrons. The van der Waals surface area contributed by atoms with Gasteiger partial charge in [0.25, 0.3) is 0 Å². The molecule has 0 aliphatic heterocycles. The first-order valence-corrected chi connectivity index (χ1v) is 14.0. The van der Waals surface area contributed by atoms with Crippen molar-refractivity contribution in [1.82, 2.24) is 14.9 Å². The van der Waals surface area contributed by atoms with Gasteiger partial charge in [0.1, 0.15) is 11.6 Å². The van der Waals surface area contributed by atoms with Crippen LogP contribution >= 0.6 is 11.6 Å². The molecule has 3 aromatic carbocycles. The largest absolute Gasteiger partial charge is 0.494 e. The van der Waals surface area contributed by atoms with Gasteiger partial charge in [-0.15, -0.1) is 0 Å². The number of carbonyl (C=O) groups excluding carboxylic acids is 1. The average Bonchev–Trinajstić information content (AvgIpc) is 3.26. The number of imidazole rings is 1. The molecule has 0 aliphatic carbocycles. The second-order valence-electron chi connectivity index (χ2n) is 9.90. The minimum Gasteiger partial charge on any atom is -0.494 e. The Morgan fingerprint density at radius 2 is 1.74 bits per heavy atom. The number of nitrogens with zero attached hydrogens (tertiary/aromatic N) is 2. The number of hydrogen-bond donors (Lipinski definition) is 1. The number of unbranched alkanes of at least 4 members (excludes halogenated alkanes) is 3. The van der Waals surface area contributed by atoms with Gasteiger partial charge < -0.3 is 14.6 Å². The van der Waals surface area contributed by atoms with Gasteiger partial charge in [-0.25, -0.2) is 4.98 Å². The summed E-state index contributed by atoms with van der Waals surface area (Å²) in [4.78, 5) is 17.2. The van der Waals surface area contributed by atoms with Crippen LogP contribution in [0.4, 0.5) is 0 Å². The molecule has 4 aromatic rings. The van der Waals surface area contributed by atoms with Gasteiger partial charge in [-0.05, 0) is 86.6 Å². The molecule has 0 saturated carbocycles. The summed E-state index contributed by atoms with van der Waals surface area (Å²) in [7, 11) is 0. The topological polar surface area (TPSA) is 56.1 Å². The number of halogens is 1. The van der Waals surface area contributed by atoms with Crippen LogP contribution in [0.5, 0.6) is 5.75 Å². The number of nitrogens with one attached hydrogen (secondary N) is 1. The highest BCUT2D eigenvalue weighted by atomic mass is 35.5. The number of benzene rings is 3. The van der Waals surface area contributed by atoms with Gasteiger partial charge in [-0.3, -0.25) is 4.79 Å². The lowest BCUT2D eigenvalue weighted by Crippen LogP contribution is -2.26. The third-order valence-corrected chi connectivity index (χ3v) is 7.33. The zero-order valence-electron chi connectivity index (χ0n) is 22.5. The smallest absolute Gasteiger partial charge is 0.224 e. The predicted octanol–water partition coefficient (Wildman–Crippen LogP) is 7.24. The Labute approximate surface area is 231 Å². The summed E-state index contributed by atoms with van der Waals surface area (Å²) in [6.07, 6.45) is 6.31. The van der Waals surface area contributed by atoms with Crippen LogP contribution in [0.25, 0.3) is 11.0 Å².